The summed E-state index contributed by atoms with van der Waals surface area (Å²) in [5.41, 5.74) is 2.52. The van der Waals surface area contributed by atoms with Gasteiger partial charge in [0, 0.05) is 17.2 Å². The zero-order chi connectivity index (χ0) is 25.0. The van der Waals surface area contributed by atoms with Crippen molar-refractivity contribution in [3.05, 3.63) is 86.9 Å². The lowest BCUT2D eigenvalue weighted by molar-refractivity contribution is 0.571. The van der Waals surface area contributed by atoms with E-state index < -0.39 is 10.0 Å². The van der Waals surface area contributed by atoms with Crippen LogP contribution in [0.2, 0.25) is 0 Å². The Morgan fingerprint density at radius 2 is 1.63 bits per heavy atom. The normalized spacial score (nSPS) is 13.1. The van der Waals surface area contributed by atoms with Crippen LogP contribution in [0, 0.1) is 0 Å². The van der Waals surface area contributed by atoms with Crippen molar-refractivity contribution in [3.63, 3.8) is 0 Å². The van der Waals surface area contributed by atoms with E-state index in [2.05, 4.69) is 43.0 Å². The van der Waals surface area contributed by atoms with Crippen LogP contribution in [-0.4, -0.2) is 23.0 Å². The van der Waals surface area contributed by atoms with Gasteiger partial charge in [0.25, 0.3) is 5.56 Å². The third-order valence-electron chi connectivity index (χ3n) is 5.56. The number of benzene rings is 2. The lowest BCUT2D eigenvalue weighted by Gasteiger charge is -2.18. The quantitative estimate of drug-likeness (QED) is 0.398. The summed E-state index contributed by atoms with van der Waals surface area (Å²) in [5.74, 6) is 1.52. The van der Waals surface area contributed by atoms with Crippen molar-refractivity contribution in [2.75, 3.05) is 0 Å². The first-order chi connectivity index (χ1) is 16.5. The van der Waals surface area contributed by atoms with Crippen molar-refractivity contribution in [3.8, 4) is 22.7 Å². The molecule has 0 aliphatic rings. The van der Waals surface area contributed by atoms with Gasteiger partial charge in [0.05, 0.1) is 4.90 Å². The molecule has 0 bridgehead atoms. The van der Waals surface area contributed by atoms with Crippen LogP contribution >= 0.6 is 11.3 Å². The summed E-state index contributed by atoms with van der Waals surface area (Å²) in [5, 5.41) is 9.55. The Bertz CT molecular complexity index is 1760. The molecular formula is C25H22N4O4S2. The molecule has 0 atom stereocenters. The van der Waals surface area contributed by atoms with Gasteiger partial charge in [-0.3, -0.25) is 4.79 Å². The third kappa shape index (κ3) is 4.55. The molecule has 0 saturated heterocycles. The van der Waals surface area contributed by atoms with Crippen molar-refractivity contribution < 1.29 is 12.8 Å². The highest BCUT2D eigenvalue weighted by atomic mass is 32.2. The number of aromatic nitrogens is 3. The first-order valence-electron chi connectivity index (χ1n) is 10.7. The molecule has 3 aromatic heterocycles. The zero-order valence-electron chi connectivity index (χ0n) is 19.2. The number of fused-ring (bicyclic) bond motifs is 1. The third-order valence-corrected chi connectivity index (χ3v) is 7.45. The molecule has 0 unspecified atom stereocenters. The highest BCUT2D eigenvalue weighted by molar-refractivity contribution is 7.89. The molecule has 0 aliphatic heterocycles. The Hall–Kier alpha value is -3.60. The molecule has 2 N–H and O–H groups in total. The molecule has 10 heteroatoms. The van der Waals surface area contributed by atoms with Crippen LogP contribution in [0.3, 0.4) is 0 Å². The van der Waals surface area contributed by atoms with E-state index in [0.29, 0.717) is 32.4 Å². The van der Waals surface area contributed by atoms with Gasteiger partial charge in [-0.2, -0.15) is 9.50 Å². The molecule has 178 valence electrons. The fraction of sp³-hybridized carbons (Fsp3) is 0.160. The summed E-state index contributed by atoms with van der Waals surface area (Å²) in [7, 11) is -3.76. The van der Waals surface area contributed by atoms with E-state index in [4.69, 9.17) is 9.56 Å². The van der Waals surface area contributed by atoms with E-state index in [0.717, 1.165) is 5.56 Å². The van der Waals surface area contributed by atoms with Gasteiger partial charge in [0.1, 0.15) is 16.1 Å². The maximum atomic E-state index is 12.9. The average molecular weight is 507 g/mol. The van der Waals surface area contributed by atoms with E-state index in [9.17, 15) is 13.2 Å². The zero-order valence-corrected chi connectivity index (χ0v) is 20.9. The van der Waals surface area contributed by atoms with E-state index in [1.165, 1.54) is 33.5 Å². The molecule has 0 spiro atoms. The van der Waals surface area contributed by atoms with E-state index in [1.807, 2.05) is 12.1 Å². The predicted octanol–water partition coefficient (Wildman–Crippen LogP) is 3.57. The molecule has 5 aromatic rings. The minimum Gasteiger partial charge on any atom is -0.457 e. The molecule has 0 fully saturated rings. The first kappa shape index (κ1) is 23.2. The summed E-state index contributed by atoms with van der Waals surface area (Å²) in [6.07, 6.45) is 1.64. The second-order valence-corrected chi connectivity index (χ2v) is 11.7. The van der Waals surface area contributed by atoms with Gasteiger partial charge in [-0.15, -0.1) is 5.10 Å². The number of rotatable bonds is 4. The highest BCUT2D eigenvalue weighted by Gasteiger charge is 2.16. The Morgan fingerprint density at radius 1 is 0.971 bits per heavy atom. The topological polar surface area (TPSA) is 121 Å². The van der Waals surface area contributed by atoms with E-state index >= 15 is 0 Å². The van der Waals surface area contributed by atoms with E-state index in [-0.39, 0.29) is 15.9 Å². The number of hydrogen-bond acceptors (Lipinski definition) is 7. The number of primary sulfonamides is 1. The molecular weight excluding hydrogens is 484 g/mol. The smallest absolute Gasteiger partial charge is 0.291 e. The lowest BCUT2D eigenvalue weighted by atomic mass is 9.87. The van der Waals surface area contributed by atoms with Crippen molar-refractivity contribution in [2.45, 2.75) is 31.1 Å². The second kappa shape index (κ2) is 8.26. The van der Waals surface area contributed by atoms with Gasteiger partial charge in [0.2, 0.25) is 15.0 Å². The highest BCUT2D eigenvalue weighted by Crippen LogP contribution is 2.26. The van der Waals surface area contributed by atoms with Crippen LogP contribution in [-0.2, 0) is 15.4 Å². The van der Waals surface area contributed by atoms with Gasteiger partial charge in [-0.25, -0.2) is 13.6 Å². The van der Waals surface area contributed by atoms with Crippen LogP contribution in [0.5, 0.6) is 0 Å². The van der Waals surface area contributed by atoms with Gasteiger partial charge < -0.3 is 4.42 Å². The molecule has 8 nitrogen and oxygen atoms in total. The minimum atomic E-state index is -3.76. The standard InChI is InChI=1S/C25H22N4O4S2/c1-25(2,3)17-8-4-16(5-9-17)22-27-24-29(28-22)23(30)21(34-24)14-18-10-13-20(33-18)15-6-11-19(12-7-15)35(26,31)32/h4-14H,1-3H3,(H2,26,31,32). The molecule has 0 radical (unpaired) electrons. The first-order valence-corrected chi connectivity index (χ1v) is 13.1. The Balaban J connectivity index is 1.43. The SMILES string of the molecule is CC(C)(C)c1ccc(-c2nc3sc(=Cc4ccc(-c5ccc(S(N)(=O)=O)cc5)o4)c(=O)n3n2)cc1. The van der Waals surface area contributed by atoms with Crippen molar-refractivity contribution in [1.29, 1.82) is 0 Å². The minimum absolute atomic E-state index is 0.0227. The number of sulfonamides is 1. The number of nitrogens with two attached hydrogens (primary N) is 1. The van der Waals surface area contributed by atoms with Crippen LogP contribution in [0.4, 0.5) is 0 Å². The molecule has 0 aliphatic carbocycles. The molecule has 2 aromatic carbocycles. The van der Waals surface area contributed by atoms with Crippen LogP contribution in [0.25, 0.3) is 33.7 Å². The summed E-state index contributed by atoms with van der Waals surface area (Å²) in [4.78, 5) is 18.0. The summed E-state index contributed by atoms with van der Waals surface area (Å²) < 4.78 is 30.5. The Labute approximate surface area is 205 Å². The summed E-state index contributed by atoms with van der Waals surface area (Å²) >= 11 is 1.23. The Morgan fingerprint density at radius 3 is 2.23 bits per heavy atom. The van der Waals surface area contributed by atoms with Crippen LogP contribution in [0.1, 0.15) is 32.1 Å². The van der Waals surface area contributed by atoms with Gasteiger partial charge in [0.15, 0.2) is 5.82 Å². The molecule has 5 rings (SSSR count). The van der Waals surface area contributed by atoms with Crippen LogP contribution in [0.15, 0.2) is 74.8 Å². The van der Waals surface area contributed by atoms with Gasteiger partial charge in [-0.05, 0) is 47.4 Å². The average Bonchev–Trinajstić information content (AvgIpc) is 3.50. The molecule has 0 amide bonds. The van der Waals surface area contributed by atoms with Crippen LogP contribution < -0.4 is 15.2 Å². The summed E-state index contributed by atoms with van der Waals surface area (Å²) in [6.45, 7) is 6.46. The fourth-order valence-corrected chi connectivity index (χ4v) is 5.00. The van der Waals surface area contributed by atoms with Crippen molar-refractivity contribution >= 4 is 32.4 Å². The number of furan rings is 1. The van der Waals surface area contributed by atoms with Crippen molar-refractivity contribution in [1.82, 2.24) is 14.6 Å². The number of hydrogen-bond donors (Lipinski definition) is 1. The summed E-state index contributed by atoms with van der Waals surface area (Å²) in [6, 6.07) is 17.6. The van der Waals surface area contributed by atoms with Gasteiger partial charge >= 0.3 is 0 Å². The lowest BCUT2D eigenvalue weighted by Crippen LogP contribution is -2.23. The monoisotopic (exact) mass is 506 g/mol. The van der Waals surface area contributed by atoms with E-state index in [1.54, 1.807) is 30.3 Å². The number of nitrogens with zero attached hydrogens (tertiary/aromatic N) is 3. The molecule has 0 saturated carbocycles. The maximum absolute atomic E-state index is 12.9. The Kier molecular flexibility index (Phi) is 5.47. The molecule has 3 heterocycles. The number of thiazole rings is 1. The van der Waals surface area contributed by atoms with Crippen molar-refractivity contribution in [2.24, 2.45) is 5.14 Å². The maximum Gasteiger partial charge on any atom is 0.291 e. The second-order valence-electron chi connectivity index (χ2n) is 9.14. The predicted molar refractivity (Wildman–Crippen MR) is 136 cm³/mol. The molecule has 35 heavy (non-hydrogen) atoms. The largest absolute Gasteiger partial charge is 0.457 e. The van der Waals surface area contributed by atoms with Gasteiger partial charge in [-0.1, -0.05) is 56.4 Å². The fourth-order valence-electron chi connectivity index (χ4n) is 3.60.